The van der Waals surface area contributed by atoms with Crippen molar-refractivity contribution < 1.29 is 62.6 Å². The lowest BCUT2D eigenvalue weighted by Gasteiger charge is -2.48. The summed E-state index contributed by atoms with van der Waals surface area (Å²) in [7, 11) is -4.80. The molecule has 48 heavy (non-hydrogen) atoms. The summed E-state index contributed by atoms with van der Waals surface area (Å²) in [6.07, 6.45) is -14.5. The molecule has 1 amide bonds. The number of likely N-dealkylation sites (tertiary alicyclic amines) is 1. The molecule has 5 rings (SSSR count). The predicted molar refractivity (Wildman–Crippen MR) is 153 cm³/mol. The van der Waals surface area contributed by atoms with Crippen LogP contribution >= 0.6 is 0 Å². The molecule has 0 aromatic heterocycles. The van der Waals surface area contributed by atoms with E-state index in [1.54, 1.807) is 6.92 Å². The second kappa shape index (κ2) is 11.8. The lowest BCUT2D eigenvalue weighted by atomic mass is 9.78. The maximum atomic E-state index is 16.3. The van der Waals surface area contributed by atoms with E-state index < -0.39 is 116 Å². The highest BCUT2D eigenvalue weighted by Gasteiger charge is 2.74. The largest absolute Gasteiger partial charge is 0.481 e. The van der Waals surface area contributed by atoms with Crippen molar-refractivity contribution >= 4 is 27.4 Å². The smallest absolute Gasteiger partial charge is 0.435 e. The number of hydrogen-bond acceptors (Lipinski definition) is 5. The zero-order valence-electron chi connectivity index (χ0n) is 25.3. The fourth-order valence-electron chi connectivity index (χ4n) is 7.38. The lowest BCUT2D eigenvalue weighted by molar-refractivity contribution is -0.348. The predicted octanol–water partition coefficient (Wildman–Crippen LogP) is 6.60. The molecule has 2 unspecified atom stereocenters. The Balaban J connectivity index is 1.72. The third-order valence-electron chi connectivity index (χ3n) is 9.87. The van der Waals surface area contributed by atoms with E-state index in [9.17, 15) is 53.8 Å². The van der Waals surface area contributed by atoms with Gasteiger partial charge in [0.25, 0.3) is 5.91 Å². The van der Waals surface area contributed by atoms with Gasteiger partial charge in [0.1, 0.15) is 10.6 Å². The number of carbonyl (C=O) groups excluding carboxylic acids is 1. The summed E-state index contributed by atoms with van der Waals surface area (Å²) >= 11 is 0. The van der Waals surface area contributed by atoms with Crippen LogP contribution in [0.3, 0.4) is 0 Å². The second-order valence-electron chi connectivity index (χ2n) is 12.5. The first-order valence-electron chi connectivity index (χ1n) is 15.1. The van der Waals surface area contributed by atoms with Crippen molar-refractivity contribution in [1.82, 2.24) is 4.90 Å². The minimum atomic E-state index is -6.45. The van der Waals surface area contributed by atoms with Crippen molar-refractivity contribution in [3.8, 4) is 0 Å². The van der Waals surface area contributed by atoms with Gasteiger partial charge in [-0.15, -0.1) is 0 Å². The molecule has 1 saturated carbocycles. The van der Waals surface area contributed by atoms with Gasteiger partial charge in [0.15, 0.2) is 15.5 Å². The van der Waals surface area contributed by atoms with Gasteiger partial charge < -0.3 is 14.9 Å². The highest BCUT2D eigenvalue weighted by molar-refractivity contribution is 7.92. The van der Waals surface area contributed by atoms with E-state index in [-0.39, 0.29) is 37.4 Å². The first kappa shape index (κ1) is 35.8. The molecular formula is C31H31F9N2O5S. The van der Waals surface area contributed by atoms with E-state index >= 15 is 8.78 Å². The number of halogens is 9. The molecule has 0 radical (unpaired) electrons. The van der Waals surface area contributed by atoms with Crippen molar-refractivity contribution in [2.45, 2.75) is 84.8 Å². The SMILES string of the molecule is CCCN1CC2N(C(=O)C3(F)CCC(C(=O)O)CC3)CCC2(S(=O)(=O)c2ccc(F)cc2)c2ccc(C(F)(C(F)(F)F)C(F)(F)F)cc21. The van der Waals surface area contributed by atoms with Crippen molar-refractivity contribution in [3.05, 3.63) is 59.4 Å². The average Bonchev–Trinajstić information content (AvgIpc) is 3.40. The minimum Gasteiger partial charge on any atom is -0.481 e. The van der Waals surface area contributed by atoms with Crippen molar-refractivity contribution in [2.75, 3.05) is 24.5 Å². The Morgan fingerprint density at radius 1 is 0.938 bits per heavy atom. The molecule has 264 valence electrons. The molecule has 17 heteroatoms. The molecule has 7 nitrogen and oxygen atoms in total. The third kappa shape index (κ3) is 5.30. The fourth-order valence-corrected chi connectivity index (χ4v) is 9.68. The fraction of sp³-hybridized carbons (Fsp3) is 0.548. The first-order chi connectivity index (χ1) is 22.2. The van der Waals surface area contributed by atoms with Crippen LogP contribution in [0.15, 0.2) is 47.4 Å². The molecule has 1 aliphatic carbocycles. The molecular weight excluding hydrogens is 683 g/mol. The van der Waals surface area contributed by atoms with Crippen LogP contribution < -0.4 is 4.90 Å². The maximum Gasteiger partial charge on any atom is 0.435 e. The summed E-state index contributed by atoms with van der Waals surface area (Å²) in [5.74, 6) is -4.00. The van der Waals surface area contributed by atoms with Gasteiger partial charge in [0.2, 0.25) is 0 Å². The summed E-state index contributed by atoms with van der Waals surface area (Å²) in [5, 5.41) is 9.33. The van der Waals surface area contributed by atoms with Gasteiger partial charge in [-0.2, -0.15) is 26.3 Å². The summed E-state index contributed by atoms with van der Waals surface area (Å²) in [4.78, 5) is 27.1. The third-order valence-corrected chi connectivity index (χ3v) is 12.4. The number of amides is 1. The summed E-state index contributed by atoms with van der Waals surface area (Å²) in [6, 6.07) is 3.23. The number of aliphatic carboxylic acids is 1. The topological polar surface area (TPSA) is 95.0 Å². The number of anilines is 1. The Morgan fingerprint density at radius 3 is 2.04 bits per heavy atom. The van der Waals surface area contributed by atoms with Crippen LogP contribution in [0.25, 0.3) is 0 Å². The standard InChI is InChI=1S/C31H31F9N2O5S/c1-2-14-41-17-24-28(48(46,47)21-6-4-20(32)5-7-21,13-15-42(24)26(45)27(33)11-9-18(10-12-27)25(43)44)22-8-3-19(16-23(22)41)29(34,30(35,36)37)31(38,39)40/h3-8,16,18,24H,2,9-15,17H2,1H3,(H,43,44). The Hall–Kier alpha value is -3.50. The quantitative estimate of drug-likeness (QED) is 0.257. The second-order valence-corrected chi connectivity index (χ2v) is 14.7. The molecule has 3 aliphatic rings. The highest BCUT2D eigenvalue weighted by atomic mass is 32.2. The summed E-state index contributed by atoms with van der Waals surface area (Å²) in [6.45, 7) is 0.624. The number of sulfone groups is 1. The van der Waals surface area contributed by atoms with Gasteiger partial charge in [-0.1, -0.05) is 19.1 Å². The van der Waals surface area contributed by atoms with E-state index in [0.717, 1.165) is 29.2 Å². The molecule has 0 spiro atoms. The molecule has 2 aliphatic heterocycles. The molecule has 0 bridgehead atoms. The zero-order chi connectivity index (χ0) is 35.7. The molecule has 2 aromatic carbocycles. The number of carbonyl (C=O) groups is 2. The normalized spacial score (nSPS) is 26.6. The number of fused-ring (bicyclic) bond motifs is 3. The number of rotatable bonds is 7. The van der Waals surface area contributed by atoms with Gasteiger partial charge in [-0.3, -0.25) is 9.59 Å². The number of hydrogen-bond donors (Lipinski definition) is 1. The van der Waals surface area contributed by atoms with Crippen LogP contribution in [0.5, 0.6) is 0 Å². The first-order valence-corrected chi connectivity index (χ1v) is 16.6. The molecule has 1 N–H and O–H groups in total. The highest BCUT2D eigenvalue weighted by Crippen LogP contribution is 2.58. The van der Waals surface area contributed by atoms with Gasteiger partial charge in [-0.05, 0) is 74.4 Å². The molecule has 1 saturated heterocycles. The summed E-state index contributed by atoms with van der Waals surface area (Å²) in [5.41, 5.74) is -11.0. The van der Waals surface area contributed by atoms with Crippen LogP contribution in [-0.2, 0) is 29.8 Å². The Bertz CT molecular complexity index is 1680. The van der Waals surface area contributed by atoms with Crippen LogP contribution in [0.1, 0.15) is 56.6 Å². The van der Waals surface area contributed by atoms with Crippen LogP contribution in [-0.4, -0.2) is 74.0 Å². The lowest BCUT2D eigenvalue weighted by Crippen LogP contribution is -2.61. The van der Waals surface area contributed by atoms with E-state index in [1.165, 1.54) is 4.90 Å². The number of nitrogens with zero attached hydrogens (tertiary/aromatic N) is 2. The zero-order valence-corrected chi connectivity index (χ0v) is 26.2. The molecule has 2 aromatic rings. The van der Waals surface area contributed by atoms with Crippen LogP contribution in [0, 0.1) is 11.7 Å². The van der Waals surface area contributed by atoms with E-state index in [4.69, 9.17) is 0 Å². The number of carboxylic acids is 1. The molecule has 2 atom stereocenters. The average molecular weight is 715 g/mol. The van der Waals surface area contributed by atoms with Crippen LogP contribution in [0.2, 0.25) is 0 Å². The van der Waals surface area contributed by atoms with Crippen molar-refractivity contribution in [3.63, 3.8) is 0 Å². The van der Waals surface area contributed by atoms with E-state index in [1.807, 2.05) is 0 Å². The minimum absolute atomic E-state index is 0.0833. The number of alkyl halides is 8. The molecule has 2 fully saturated rings. The monoisotopic (exact) mass is 714 g/mol. The van der Waals surface area contributed by atoms with E-state index in [0.29, 0.717) is 12.1 Å². The number of carboxylic acid groups (broad SMARTS) is 1. The van der Waals surface area contributed by atoms with Gasteiger partial charge in [0.05, 0.1) is 16.9 Å². The molecule has 2 heterocycles. The van der Waals surface area contributed by atoms with Crippen molar-refractivity contribution in [2.24, 2.45) is 5.92 Å². The van der Waals surface area contributed by atoms with Crippen molar-refractivity contribution in [1.29, 1.82) is 0 Å². The van der Waals surface area contributed by atoms with Crippen LogP contribution in [0.4, 0.5) is 45.2 Å². The Kier molecular flexibility index (Phi) is 8.82. The van der Waals surface area contributed by atoms with Gasteiger partial charge in [0, 0.05) is 30.9 Å². The van der Waals surface area contributed by atoms with Gasteiger partial charge in [-0.25, -0.2) is 21.6 Å². The summed E-state index contributed by atoms with van der Waals surface area (Å²) < 4.78 is 155. The maximum absolute atomic E-state index is 16.3. The van der Waals surface area contributed by atoms with Gasteiger partial charge >= 0.3 is 24.0 Å². The Morgan fingerprint density at radius 2 is 1.52 bits per heavy atom. The van der Waals surface area contributed by atoms with E-state index in [2.05, 4.69) is 0 Å². The Labute approximate surface area is 269 Å². The number of benzene rings is 2.